The molecule has 0 saturated heterocycles. The number of ether oxygens (including phenoxy) is 1. The van der Waals surface area contributed by atoms with Crippen molar-refractivity contribution in [2.24, 2.45) is 0 Å². The lowest BCUT2D eigenvalue weighted by molar-refractivity contribution is 0.0702. The van der Waals surface area contributed by atoms with E-state index in [4.69, 9.17) is 4.74 Å². The van der Waals surface area contributed by atoms with E-state index in [0.29, 0.717) is 6.42 Å². The fourth-order valence-electron chi connectivity index (χ4n) is 3.19. The summed E-state index contributed by atoms with van der Waals surface area (Å²) in [5.41, 5.74) is 2.33. The van der Waals surface area contributed by atoms with Gasteiger partial charge in [0.15, 0.2) is 0 Å². The van der Waals surface area contributed by atoms with Gasteiger partial charge < -0.3 is 4.74 Å². The van der Waals surface area contributed by atoms with E-state index in [2.05, 4.69) is 4.72 Å². The molecule has 0 radical (unpaired) electrons. The second kappa shape index (κ2) is 6.22. The number of nitrogens with one attached hydrogen (secondary N) is 1. The number of aryl methyl sites for hydroxylation is 1. The highest BCUT2D eigenvalue weighted by atomic mass is 32.2. The number of fused-ring (bicyclic) bond motifs is 1. The van der Waals surface area contributed by atoms with Gasteiger partial charge in [-0.1, -0.05) is 48.0 Å². The smallest absolute Gasteiger partial charge is 0.216 e. The minimum Gasteiger partial charge on any atom is -0.487 e. The van der Waals surface area contributed by atoms with Crippen LogP contribution < -0.4 is 9.46 Å². The SMILES string of the molecule is Cc1cccc(CS(=O)(=O)N[C@H]2CC(C)(C)Oc3ccccc32)c1. The lowest BCUT2D eigenvalue weighted by Crippen LogP contribution is -2.41. The van der Waals surface area contributed by atoms with Crippen molar-refractivity contribution >= 4 is 10.0 Å². The second-order valence-corrected chi connectivity index (χ2v) is 8.78. The normalized spacial score (nSPS) is 19.4. The average molecular weight is 345 g/mol. The molecule has 0 spiro atoms. The summed E-state index contributed by atoms with van der Waals surface area (Å²) < 4.78 is 34.1. The molecule has 0 aromatic heterocycles. The van der Waals surface area contributed by atoms with E-state index in [-0.39, 0.29) is 11.8 Å². The summed E-state index contributed by atoms with van der Waals surface area (Å²) in [7, 11) is -3.45. The van der Waals surface area contributed by atoms with Crippen molar-refractivity contribution < 1.29 is 13.2 Å². The van der Waals surface area contributed by atoms with Crippen LogP contribution in [0.1, 0.15) is 43.0 Å². The molecule has 1 N–H and O–H groups in total. The van der Waals surface area contributed by atoms with Crippen LogP contribution in [0.5, 0.6) is 5.75 Å². The molecule has 4 nitrogen and oxygen atoms in total. The molecule has 0 saturated carbocycles. The molecule has 128 valence electrons. The molecular weight excluding hydrogens is 322 g/mol. The highest BCUT2D eigenvalue weighted by Gasteiger charge is 2.35. The summed E-state index contributed by atoms with van der Waals surface area (Å²) in [5.74, 6) is 0.728. The Bertz CT molecular complexity index is 843. The third-order valence-corrected chi connectivity index (χ3v) is 5.49. The number of hydrogen-bond donors (Lipinski definition) is 1. The van der Waals surface area contributed by atoms with Crippen molar-refractivity contribution in [3.8, 4) is 5.75 Å². The fourth-order valence-corrected chi connectivity index (χ4v) is 4.53. The van der Waals surface area contributed by atoms with Crippen LogP contribution in [0.3, 0.4) is 0 Å². The molecule has 3 rings (SSSR count). The topological polar surface area (TPSA) is 55.4 Å². The molecule has 24 heavy (non-hydrogen) atoms. The van der Waals surface area contributed by atoms with Crippen molar-refractivity contribution in [2.75, 3.05) is 0 Å². The van der Waals surface area contributed by atoms with Gasteiger partial charge in [-0.25, -0.2) is 13.1 Å². The number of benzene rings is 2. The first-order valence-corrected chi connectivity index (χ1v) is 9.73. The Hall–Kier alpha value is -1.85. The summed E-state index contributed by atoms with van der Waals surface area (Å²) >= 11 is 0. The van der Waals surface area contributed by atoms with E-state index >= 15 is 0 Å². The lowest BCUT2D eigenvalue weighted by Gasteiger charge is -2.37. The van der Waals surface area contributed by atoms with E-state index in [1.54, 1.807) is 0 Å². The van der Waals surface area contributed by atoms with E-state index in [1.165, 1.54) is 0 Å². The highest BCUT2D eigenvalue weighted by Crippen LogP contribution is 2.39. The van der Waals surface area contributed by atoms with Gasteiger partial charge in [0.1, 0.15) is 11.4 Å². The third-order valence-electron chi connectivity index (χ3n) is 4.14. The monoisotopic (exact) mass is 345 g/mol. The largest absolute Gasteiger partial charge is 0.487 e. The Morgan fingerprint density at radius 3 is 2.67 bits per heavy atom. The van der Waals surface area contributed by atoms with Crippen molar-refractivity contribution in [1.29, 1.82) is 0 Å². The second-order valence-electron chi connectivity index (χ2n) is 7.02. The van der Waals surface area contributed by atoms with Crippen molar-refractivity contribution in [3.05, 3.63) is 65.2 Å². The molecule has 1 aliphatic rings. The zero-order valence-corrected chi connectivity index (χ0v) is 15.1. The zero-order valence-electron chi connectivity index (χ0n) is 14.2. The van der Waals surface area contributed by atoms with Gasteiger partial charge in [-0.3, -0.25) is 0 Å². The Morgan fingerprint density at radius 2 is 1.92 bits per heavy atom. The summed E-state index contributed by atoms with van der Waals surface area (Å²) in [4.78, 5) is 0. The van der Waals surface area contributed by atoms with Gasteiger partial charge in [0, 0.05) is 12.0 Å². The first-order valence-electron chi connectivity index (χ1n) is 8.08. The van der Waals surface area contributed by atoms with E-state index in [0.717, 1.165) is 22.4 Å². The van der Waals surface area contributed by atoms with Crippen LogP contribution in [0.4, 0.5) is 0 Å². The number of rotatable bonds is 4. The Labute approximate surface area is 143 Å². The molecule has 0 unspecified atom stereocenters. The van der Waals surface area contributed by atoms with Crippen LogP contribution in [0, 0.1) is 6.92 Å². The van der Waals surface area contributed by atoms with Gasteiger partial charge in [0.25, 0.3) is 0 Å². The number of para-hydroxylation sites is 1. The van der Waals surface area contributed by atoms with Gasteiger partial charge in [-0.2, -0.15) is 0 Å². The lowest BCUT2D eigenvalue weighted by atomic mass is 9.90. The molecule has 2 aromatic carbocycles. The summed E-state index contributed by atoms with van der Waals surface area (Å²) in [6, 6.07) is 14.9. The van der Waals surface area contributed by atoms with Gasteiger partial charge in [-0.05, 0) is 32.4 Å². The maximum Gasteiger partial charge on any atom is 0.216 e. The Morgan fingerprint density at radius 1 is 1.17 bits per heavy atom. The Kier molecular flexibility index (Phi) is 4.40. The van der Waals surface area contributed by atoms with Gasteiger partial charge in [0.2, 0.25) is 10.0 Å². The maximum absolute atomic E-state index is 12.6. The van der Waals surface area contributed by atoms with Crippen LogP contribution >= 0.6 is 0 Å². The summed E-state index contributed by atoms with van der Waals surface area (Å²) in [6.07, 6.45) is 0.594. The van der Waals surface area contributed by atoms with Crippen LogP contribution in [-0.2, 0) is 15.8 Å². The fraction of sp³-hybridized carbons (Fsp3) is 0.368. The van der Waals surface area contributed by atoms with E-state index < -0.39 is 15.6 Å². The Balaban J connectivity index is 1.84. The van der Waals surface area contributed by atoms with Crippen LogP contribution in [-0.4, -0.2) is 14.0 Å². The molecule has 0 bridgehead atoms. The maximum atomic E-state index is 12.6. The molecule has 1 heterocycles. The van der Waals surface area contributed by atoms with Crippen molar-refractivity contribution in [3.63, 3.8) is 0 Å². The van der Waals surface area contributed by atoms with Crippen molar-refractivity contribution in [2.45, 2.75) is 44.6 Å². The van der Waals surface area contributed by atoms with E-state index in [1.807, 2.05) is 69.3 Å². The predicted molar refractivity (Wildman–Crippen MR) is 95.4 cm³/mol. The van der Waals surface area contributed by atoms with Crippen LogP contribution in [0.2, 0.25) is 0 Å². The quantitative estimate of drug-likeness (QED) is 0.919. The average Bonchev–Trinajstić information content (AvgIpc) is 2.45. The predicted octanol–water partition coefficient (Wildman–Crippen LogP) is 3.72. The van der Waals surface area contributed by atoms with Gasteiger partial charge in [-0.15, -0.1) is 0 Å². The van der Waals surface area contributed by atoms with E-state index in [9.17, 15) is 8.42 Å². The molecule has 5 heteroatoms. The highest BCUT2D eigenvalue weighted by molar-refractivity contribution is 7.88. The number of sulfonamides is 1. The molecule has 1 atom stereocenters. The van der Waals surface area contributed by atoms with Gasteiger partial charge in [0.05, 0.1) is 11.8 Å². The minimum absolute atomic E-state index is 0.0192. The third kappa shape index (κ3) is 3.97. The zero-order chi connectivity index (χ0) is 17.4. The standard InChI is InChI=1S/C19H23NO3S/c1-14-7-6-8-15(11-14)13-24(21,22)20-17-12-19(2,3)23-18-10-5-4-9-16(17)18/h4-11,17,20H,12-13H2,1-3H3/t17-/m0/s1. The summed E-state index contributed by atoms with van der Waals surface area (Å²) in [5, 5.41) is 0. The number of hydrogen-bond acceptors (Lipinski definition) is 3. The molecular formula is C19H23NO3S. The van der Waals surface area contributed by atoms with Crippen LogP contribution in [0.15, 0.2) is 48.5 Å². The molecule has 0 fully saturated rings. The molecule has 1 aliphatic heterocycles. The van der Waals surface area contributed by atoms with Crippen molar-refractivity contribution in [1.82, 2.24) is 4.72 Å². The molecule has 2 aromatic rings. The summed E-state index contributed by atoms with van der Waals surface area (Å²) in [6.45, 7) is 5.91. The first kappa shape index (κ1) is 17.0. The first-order chi connectivity index (χ1) is 11.2. The minimum atomic E-state index is -3.45. The van der Waals surface area contributed by atoms with Gasteiger partial charge >= 0.3 is 0 Å². The molecule has 0 aliphatic carbocycles. The van der Waals surface area contributed by atoms with Crippen LogP contribution in [0.25, 0.3) is 0 Å². The molecule has 0 amide bonds.